The van der Waals surface area contributed by atoms with Crippen LogP contribution in [0, 0.1) is 0 Å². The zero-order chi connectivity index (χ0) is 10.7. The molecule has 0 bridgehead atoms. The summed E-state index contributed by atoms with van der Waals surface area (Å²) in [5, 5.41) is 11.7. The van der Waals surface area contributed by atoms with Gasteiger partial charge in [-0.3, -0.25) is 4.90 Å². The van der Waals surface area contributed by atoms with Gasteiger partial charge in [-0.1, -0.05) is 6.07 Å². The third kappa shape index (κ3) is 2.58. The van der Waals surface area contributed by atoms with Crippen molar-refractivity contribution in [1.82, 2.24) is 4.90 Å². The molecule has 2 unspecified atom stereocenters. The molecule has 1 aliphatic rings. The largest absolute Gasteiger partial charge is 0.392 e. The summed E-state index contributed by atoms with van der Waals surface area (Å²) in [5.74, 6) is 0. The molecule has 2 atom stereocenters. The van der Waals surface area contributed by atoms with E-state index in [2.05, 4.69) is 22.4 Å². The van der Waals surface area contributed by atoms with Gasteiger partial charge in [0.25, 0.3) is 0 Å². The summed E-state index contributed by atoms with van der Waals surface area (Å²) >= 11 is 1.75. The summed E-state index contributed by atoms with van der Waals surface area (Å²) in [4.78, 5) is 3.62. The second-order valence-electron chi connectivity index (χ2n) is 4.06. The normalized spacial score (nSPS) is 25.3. The Labute approximate surface area is 94.5 Å². The Kier molecular flexibility index (Phi) is 3.75. The first kappa shape index (κ1) is 11.1. The molecule has 2 heterocycles. The second kappa shape index (κ2) is 5.07. The van der Waals surface area contributed by atoms with E-state index in [9.17, 15) is 5.11 Å². The van der Waals surface area contributed by atoms with E-state index in [4.69, 9.17) is 5.73 Å². The van der Waals surface area contributed by atoms with Crippen LogP contribution in [-0.4, -0.2) is 35.7 Å². The molecule has 0 amide bonds. The van der Waals surface area contributed by atoms with Crippen LogP contribution < -0.4 is 5.73 Å². The van der Waals surface area contributed by atoms with Crippen molar-refractivity contribution in [2.45, 2.75) is 25.0 Å². The van der Waals surface area contributed by atoms with Gasteiger partial charge in [0, 0.05) is 18.0 Å². The minimum absolute atomic E-state index is 0.173. The summed E-state index contributed by atoms with van der Waals surface area (Å²) in [6.07, 6.45) is 1.83. The number of thiophene rings is 1. The smallest absolute Gasteiger partial charge is 0.0667 e. The molecule has 1 aromatic rings. The maximum absolute atomic E-state index is 9.64. The minimum atomic E-state index is -0.173. The van der Waals surface area contributed by atoms with Crippen molar-refractivity contribution < 1.29 is 5.11 Å². The van der Waals surface area contributed by atoms with Crippen LogP contribution >= 0.6 is 11.3 Å². The van der Waals surface area contributed by atoms with E-state index in [1.807, 2.05) is 0 Å². The minimum Gasteiger partial charge on any atom is -0.392 e. The highest BCUT2D eigenvalue weighted by molar-refractivity contribution is 7.10. The van der Waals surface area contributed by atoms with Gasteiger partial charge in [0.05, 0.1) is 12.1 Å². The molecule has 1 saturated heterocycles. The maximum atomic E-state index is 9.64. The maximum Gasteiger partial charge on any atom is 0.0667 e. The lowest BCUT2D eigenvalue weighted by Crippen LogP contribution is -2.42. The number of aliphatic hydroxyl groups is 1. The molecule has 1 aliphatic heterocycles. The van der Waals surface area contributed by atoms with Crippen molar-refractivity contribution in [2.24, 2.45) is 5.73 Å². The number of β-amino-alcohol motifs (C(OH)–C–C–N with tert-alkyl or cyclic N) is 1. The SMILES string of the molecule is NCC(c1cccs1)N1CCCC(O)C1. The molecule has 84 valence electrons. The number of aliphatic hydroxyl groups excluding tert-OH is 1. The van der Waals surface area contributed by atoms with E-state index in [0.717, 1.165) is 25.9 Å². The molecule has 0 radical (unpaired) electrons. The Balaban J connectivity index is 2.06. The molecule has 3 N–H and O–H groups in total. The predicted octanol–water partition coefficient (Wildman–Crippen LogP) is 1.20. The average Bonchev–Trinajstić information content (AvgIpc) is 2.72. The van der Waals surface area contributed by atoms with Crippen LogP contribution in [0.1, 0.15) is 23.8 Å². The fraction of sp³-hybridized carbons (Fsp3) is 0.636. The fourth-order valence-electron chi connectivity index (χ4n) is 2.19. The number of likely N-dealkylation sites (tertiary alicyclic amines) is 1. The second-order valence-corrected chi connectivity index (χ2v) is 5.04. The summed E-state index contributed by atoms with van der Waals surface area (Å²) in [6, 6.07) is 4.48. The van der Waals surface area contributed by atoms with Gasteiger partial charge >= 0.3 is 0 Å². The highest BCUT2D eigenvalue weighted by Gasteiger charge is 2.25. The van der Waals surface area contributed by atoms with Crippen molar-refractivity contribution >= 4 is 11.3 Å². The Hall–Kier alpha value is -0.420. The van der Waals surface area contributed by atoms with Gasteiger partial charge in [-0.05, 0) is 30.8 Å². The topological polar surface area (TPSA) is 49.5 Å². The standard InChI is InChI=1S/C11H18N2OS/c12-7-10(11-4-2-6-15-11)13-5-1-3-9(14)8-13/h2,4,6,9-10,14H,1,3,5,7-8,12H2. The molecule has 1 fully saturated rings. The number of piperidine rings is 1. The zero-order valence-electron chi connectivity index (χ0n) is 8.80. The quantitative estimate of drug-likeness (QED) is 0.814. The first-order chi connectivity index (χ1) is 7.31. The lowest BCUT2D eigenvalue weighted by atomic mass is 10.1. The van der Waals surface area contributed by atoms with Crippen LogP contribution in [0.15, 0.2) is 17.5 Å². The van der Waals surface area contributed by atoms with Crippen LogP contribution in [0.4, 0.5) is 0 Å². The molecule has 0 aromatic carbocycles. The van der Waals surface area contributed by atoms with Crippen LogP contribution in [0.2, 0.25) is 0 Å². The van der Waals surface area contributed by atoms with Gasteiger partial charge in [0.1, 0.15) is 0 Å². The van der Waals surface area contributed by atoms with E-state index in [1.165, 1.54) is 4.88 Å². The molecular weight excluding hydrogens is 208 g/mol. The lowest BCUT2D eigenvalue weighted by molar-refractivity contribution is 0.0488. The van der Waals surface area contributed by atoms with Crippen LogP contribution in [-0.2, 0) is 0 Å². The van der Waals surface area contributed by atoms with Gasteiger partial charge in [-0.2, -0.15) is 0 Å². The van der Waals surface area contributed by atoms with Crippen molar-refractivity contribution in [3.8, 4) is 0 Å². The highest BCUT2D eigenvalue weighted by atomic mass is 32.1. The van der Waals surface area contributed by atoms with E-state index in [-0.39, 0.29) is 6.10 Å². The molecular formula is C11H18N2OS. The molecule has 15 heavy (non-hydrogen) atoms. The van der Waals surface area contributed by atoms with Gasteiger partial charge in [-0.15, -0.1) is 11.3 Å². The first-order valence-electron chi connectivity index (χ1n) is 5.47. The fourth-order valence-corrected chi connectivity index (χ4v) is 3.07. The van der Waals surface area contributed by atoms with Crippen molar-refractivity contribution in [3.63, 3.8) is 0 Å². The van der Waals surface area contributed by atoms with E-state index < -0.39 is 0 Å². The van der Waals surface area contributed by atoms with E-state index in [0.29, 0.717) is 12.6 Å². The molecule has 0 saturated carbocycles. The predicted molar refractivity (Wildman–Crippen MR) is 62.9 cm³/mol. The average molecular weight is 226 g/mol. The van der Waals surface area contributed by atoms with Crippen molar-refractivity contribution in [2.75, 3.05) is 19.6 Å². The molecule has 0 spiro atoms. The summed E-state index contributed by atoms with van der Waals surface area (Å²) < 4.78 is 0. The monoisotopic (exact) mass is 226 g/mol. The van der Waals surface area contributed by atoms with Gasteiger partial charge in [0.15, 0.2) is 0 Å². The number of nitrogens with two attached hydrogens (primary N) is 1. The molecule has 4 heteroatoms. The Bertz CT molecular complexity index is 289. The number of hydrogen-bond acceptors (Lipinski definition) is 4. The number of hydrogen-bond donors (Lipinski definition) is 2. The summed E-state index contributed by atoms with van der Waals surface area (Å²) in [6.45, 7) is 2.45. The Morgan fingerprint density at radius 2 is 2.53 bits per heavy atom. The lowest BCUT2D eigenvalue weighted by Gasteiger charge is -2.35. The molecule has 0 aliphatic carbocycles. The van der Waals surface area contributed by atoms with Crippen molar-refractivity contribution in [1.29, 1.82) is 0 Å². The van der Waals surface area contributed by atoms with Gasteiger partial charge in [-0.25, -0.2) is 0 Å². The highest BCUT2D eigenvalue weighted by Crippen LogP contribution is 2.26. The van der Waals surface area contributed by atoms with Crippen molar-refractivity contribution in [3.05, 3.63) is 22.4 Å². The third-order valence-electron chi connectivity index (χ3n) is 2.96. The zero-order valence-corrected chi connectivity index (χ0v) is 9.62. The Morgan fingerprint density at radius 1 is 1.67 bits per heavy atom. The van der Waals surface area contributed by atoms with E-state index in [1.54, 1.807) is 11.3 Å². The first-order valence-corrected chi connectivity index (χ1v) is 6.35. The summed E-state index contributed by atoms with van der Waals surface area (Å²) in [5.41, 5.74) is 5.82. The van der Waals surface area contributed by atoms with Crippen LogP contribution in [0.3, 0.4) is 0 Å². The third-order valence-corrected chi connectivity index (χ3v) is 3.94. The molecule has 3 nitrogen and oxygen atoms in total. The van der Waals surface area contributed by atoms with Crippen LogP contribution in [0.5, 0.6) is 0 Å². The molecule has 2 rings (SSSR count). The number of rotatable bonds is 3. The number of nitrogens with zero attached hydrogens (tertiary/aromatic N) is 1. The Morgan fingerprint density at radius 3 is 3.13 bits per heavy atom. The molecule has 1 aromatic heterocycles. The van der Waals surface area contributed by atoms with Gasteiger partial charge in [0.2, 0.25) is 0 Å². The van der Waals surface area contributed by atoms with Crippen LogP contribution in [0.25, 0.3) is 0 Å². The summed E-state index contributed by atoms with van der Waals surface area (Å²) in [7, 11) is 0. The van der Waals surface area contributed by atoms with Gasteiger partial charge < -0.3 is 10.8 Å². The van der Waals surface area contributed by atoms with E-state index >= 15 is 0 Å².